The second-order valence-corrected chi connectivity index (χ2v) is 4.33. The molecular weight excluding hydrogens is 274 g/mol. The summed E-state index contributed by atoms with van der Waals surface area (Å²) >= 11 is 5.09. The van der Waals surface area contributed by atoms with E-state index in [0.717, 1.165) is 6.07 Å². The van der Waals surface area contributed by atoms with E-state index in [-0.39, 0.29) is 5.52 Å². The molecule has 0 aliphatic heterocycles. The number of imidazole rings is 1. The number of fused-ring (bicyclic) bond motifs is 1. The van der Waals surface area contributed by atoms with Crippen LogP contribution >= 0.6 is 12.2 Å². The number of H-pyrrole nitrogens is 1. The molecule has 0 spiro atoms. The summed E-state index contributed by atoms with van der Waals surface area (Å²) in [7, 11) is 1.58. The van der Waals surface area contributed by atoms with Crippen molar-refractivity contribution in [3.8, 4) is 0 Å². The Morgan fingerprint density at radius 2 is 2.05 bits per heavy atom. The van der Waals surface area contributed by atoms with Gasteiger partial charge in [-0.15, -0.1) is 0 Å². The summed E-state index contributed by atoms with van der Waals surface area (Å²) in [5, 5.41) is 0. The molecule has 0 radical (unpaired) electrons. The van der Waals surface area contributed by atoms with Gasteiger partial charge in [-0.05, 0) is 24.4 Å². The van der Waals surface area contributed by atoms with E-state index in [1.165, 1.54) is 10.6 Å². The number of nitrogens with zero attached hydrogens (tertiary/aromatic N) is 1. The molecule has 2 aromatic rings. The summed E-state index contributed by atoms with van der Waals surface area (Å²) in [6.07, 6.45) is 0. The predicted molar refractivity (Wildman–Crippen MR) is 69.7 cm³/mol. The lowest BCUT2D eigenvalue weighted by Gasteiger charge is -2.06. The topological polar surface area (TPSA) is 39.2 Å². The Kier molecular flexibility index (Phi) is 4.62. The highest BCUT2D eigenvalue weighted by molar-refractivity contribution is 7.71. The van der Waals surface area contributed by atoms with Gasteiger partial charge in [0.05, 0.1) is 25.3 Å². The number of nitrogens with one attached hydrogen (secondary N) is 1. The first kappa shape index (κ1) is 14.1. The summed E-state index contributed by atoms with van der Waals surface area (Å²) in [6, 6.07) is 2.54. The average molecular weight is 288 g/mol. The maximum absolute atomic E-state index is 13.8. The normalized spacial score (nSPS) is 11.3. The van der Waals surface area contributed by atoms with Crippen LogP contribution < -0.4 is 0 Å². The molecular formula is C12H14F2N2O2S. The molecule has 7 heteroatoms. The van der Waals surface area contributed by atoms with Crippen molar-refractivity contribution in [2.45, 2.75) is 6.54 Å². The molecule has 0 aliphatic rings. The lowest BCUT2D eigenvalue weighted by atomic mass is 10.3. The number of halogens is 2. The first-order valence-corrected chi connectivity index (χ1v) is 6.19. The van der Waals surface area contributed by atoms with Gasteiger partial charge in [-0.3, -0.25) is 0 Å². The number of benzene rings is 1. The summed E-state index contributed by atoms with van der Waals surface area (Å²) < 4.78 is 39.0. The smallest absolute Gasteiger partial charge is 0.184 e. The van der Waals surface area contributed by atoms with Crippen LogP contribution in [0.15, 0.2) is 12.1 Å². The van der Waals surface area contributed by atoms with Gasteiger partial charge in [0.15, 0.2) is 16.4 Å². The summed E-state index contributed by atoms with van der Waals surface area (Å²) in [5.74, 6) is -1.79. The Hall–Kier alpha value is -1.31. The SMILES string of the molecule is COCCOCCn1c(=S)[nH]c2ccc(F)c(F)c21. The standard InChI is InChI=1S/C12H14F2N2O2S/c1-17-6-7-18-5-4-16-11-9(15-12(16)19)3-2-8(13)10(11)14/h2-3H,4-7H2,1H3,(H,15,19). The maximum atomic E-state index is 13.8. The van der Waals surface area contributed by atoms with Crippen LogP contribution in [0.2, 0.25) is 0 Å². The maximum Gasteiger partial charge on any atom is 0.184 e. The minimum absolute atomic E-state index is 0.139. The van der Waals surface area contributed by atoms with E-state index in [2.05, 4.69) is 4.98 Å². The highest BCUT2D eigenvalue weighted by atomic mass is 32.1. The number of hydrogen-bond donors (Lipinski definition) is 1. The van der Waals surface area contributed by atoms with Crippen molar-refractivity contribution in [3.05, 3.63) is 28.5 Å². The van der Waals surface area contributed by atoms with E-state index in [4.69, 9.17) is 21.7 Å². The highest BCUT2D eigenvalue weighted by Gasteiger charge is 2.13. The minimum atomic E-state index is -0.901. The molecule has 0 fully saturated rings. The van der Waals surface area contributed by atoms with Crippen LogP contribution in [0.25, 0.3) is 11.0 Å². The van der Waals surface area contributed by atoms with Gasteiger partial charge in [-0.25, -0.2) is 8.78 Å². The van der Waals surface area contributed by atoms with Crippen LogP contribution in [0.4, 0.5) is 8.78 Å². The second-order valence-electron chi connectivity index (χ2n) is 3.94. The van der Waals surface area contributed by atoms with Gasteiger partial charge in [0.2, 0.25) is 0 Å². The zero-order valence-electron chi connectivity index (χ0n) is 10.4. The minimum Gasteiger partial charge on any atom is -0.382 e. The van der Waals surface area contributed by atoms with Gasteiger partial charge >= 0.3 is 0 Å². The van der Waals surface area contributed by atoms with Crippen LogP contribution in [-0.2, 0) is 16.0 Å². The molecule has 0 saturated heterocycles. The van der Waals surface area contributed by atoms with Gasteiger partial charge in [-0.1, -0.05) is 0 Å². The third-order valence-corrected chi connectivity index (χ3v) is 3.04. The number of methoxy groups -OCH3 is 1. The third kappa shape index (κ3) is 2.99. The van der Waals surface area contributed by atoms with E-state index in [9.17, 15) is 8.78 Å². The molecule has 0 saturated carbocycles. The third-order valence-electron chi connectivity index (χ3n) is 2.72. The first-order valence-electron chi connectivity index (χ1n) is 5.78. The molecule has 0 amide bonds. The fraction of sp³-hybridized carbons (Fsp3) is 0.417. The van der Waals surface area contributed by atoms with Gasteiger partial charge in [0.1, 0.15) is 5.52 Å². The van der Waals surface area contributed by atoms with Crippen molar-refractivity contribution in [3.63, 3.8) is 0 Å². The Labute approximate surface area is 113 Å². The molecule has 0 atom stereocenters. The van der Waals surface area contributed by atoms with Crippen molar-refractivity contribution < 1.29 is 18.3 Å². The Morgan fingerprint density at radius 1 is 1.26 bits per heavy atom. The van der Waals surface area contributed by atoms with Crippen LogP contribution in [0, 0.1) is 16.4 Å². The molecule has 19 heavy (non-hydrogen) atoms. The zero-order valence-corrected chi connectivity index (χ0v) is 11.2. The van der Waals surface area contributed by atoms with Gasteiger partial charge in [0, 0.05) is 13.7 Å². The van der Waals surface area contributed by atoms with E-state index in [1.807, 2.05) is 0 Å². The summed E-state index contributed by atoms with van der Waals surface area (Å²) in [6.45, 7) is 1.63. The Bertz CT molecular complexity index is 624. The van der Waals surface area contributed by atoms with E-state index in [0.29, 0.717) is 36.7 Å². The monoisotopic (exact) mass is 288 g/mol. The van der Waals surface area contributed by atoms with E-state index < -0.39 is 11.6 Å². The fourth-order valence-corrected chi connectivity index (χ4v) is 2.09. The lowest BCUT2D eigenvalue weighted by molar-refractivity contribution is 0.0668. The zero-order chi connectivity index (χ0) is 13.8. The van der Waals surface area contributed by atoms with Crippen LogP contribution in [0.3, 0.4) is 0 Å². The highest BCUT2D eigenvalue weighted by Crippen LogP contribution is 2.20. The Morgan fingerprint density at radius 3 is 2.79 bits per heavy atom. The molecule has 4 nitrogen and oxygen atoms in total. The average Bonchev–Trinajstić information content (AvgIpc) is 2.71. The van der Waals surface area contributed by atoms with Gasteiger partial charge < -0.3 is 19.0 Å². The van der Waals surface area contributed by atoms with Gasteiger partial charge in [0.25, 0.3) is 0 Å². The largest absolute Gasteiger partial charge is 0.382 e. The molecule has 2 rings (SSSR count). The molecule has 1 heterocycles. The molecule has 104 valence electrons. The second kappa shape index (κ2) is 6.23. The number of aromatic nitrogens is 2. The number of rotatable bonds is 6. The summed E-state index contributed by atoms with van der Waals surface area (Å²) in [4.78, 5) is 2.84. The number of ether oxygens (including phenoxy) is 2. The van der Waals surface area contributed by atoms with E-state index >= 15 is 0 Å². The van der Waals surface area contributed by atoms with Crippen molar-refractivity contribution in [1.82, 2.24) is 9.55 Å². The van der Waals surface area contributed by atoms with Crippen molar-refractivity contribution in [2.24, 2.45) is 0 Å². The molecule has 1 aromatic heterocycles. The molecule has 0 aliphatic carbocycles. The Balaban J connectivity index is 2.20. The number of hydrogen-bond acceptors (Lipinski definition) is 3. The molecule has 1 aromatic carbocycles. The summed E-state index contributed by atoms with van der Waals surface area (Å²) in [5.41, 5.74) is 0.612. The van der Waals surface area contributed by atoms with Crippen molar-refractivity contribution in [2.75, 3.05) is 26.9 Å². The van der Waals surface area contributed by atoms with Crippen molar-refractivity contribution >= 4 is 23.3 Å². The molecule has 1 N–H and O–H groups in total. The quantitative estimate of drug-likeness (QED) is 0.656. The van der Waals surface area contributed by atoms with Crippen molar-refractivity contribution in [1.29, 1.82) is 0 Å². The van der Waals surface area contributed by atoms with Crippen LogP contribution in [-0.4, -0.2) is 36.5 Å². The lowest BCUT2D eigenvalue weighted by Crippen LogP contribution is -2.10. The molecule has 0 bridgehead atoms. The molecule has 0 unspecified atom stereocenters. The van der Waals surface area contributed by atoms with Crippen LogP contribution in [0.5, 0.6) is 0 Å². The first-order chi connectivity index (χ1) is 9.15. The number of aromatic amines is 1. The van der Waals surface area contributed by atoms with E-state index in [1.54, 1.807) is 7.11 Å². The van der Waals surface area contributed by atoms with Crippen LogP contribution in [0.1, 0.15) is 0 Å². The fourth-order valence-electron chi connectivity index (χ4n) is 1.80. The predicted octanol–water partition coefficient (Wildman–Crippen LogP) is 2.64. The van der Waals surface area contributed by atoms with Gasteiger partial charge in [-0.2, -0.15) is 0 Å².